The molecule has 0 aliphatic carbocycles. The number of piperidine rings is 1. The molecule has 2 aromatic carbocycles. The van der Waals surface area contributed by atoms with Crippen molar-refractivity contribution in [1.82, 2.24) is 4.31 Å². The Morgan fingerprint density at radius 1 is 1.00 bits per heavy atom. The lowest BCUT2D eigenvalue weighted by Gasteiger charge is -2.30. The Morgan fingerprint density at radius 3 is 2.26 bits per heavy atom. The van der Waals surface area contributed by atoms with Gasteiger partial charge < -0.3 is 10.6 Å². The highest BCUT2D eigenvalue weighted by molar-refractivity contribution is 7.89. The molecule has 1 heterocycles. The Kier molecular flexibility index (Phi) is 7.03. The van der Waals surface area contributed by atoms with Crippen LogP contribution >= 0.6 is 11.6 Å². The molecule has 0 atom stereocenters. The second-order valence-electron chi connectivity index (χ2n) is 7.79. The summed E-state index contributed by atoms with van der Waals surface area (Å²) >= 11 is 6.22. The van der Waals surface area contributed by atoms with Crippen molar-refractivity contribution in [3.63, 3.8) is 0 Å². The number of rotatable bonds is 5. The van der Waals surface area contributed by atoms with Crippen molar-refractivity contribution >= 4 is 44.8 Å². The Hall–Kier alpha value is -2.42. The van der Waals surface area contributed by atoms with Gasteiger partial charge in [-0.1, -0.05) is 17.7 Å². The summed E-state index contributed by atoms with van der Waals surface area (Å²) in [6, 6.07) is 9.98. The normalized spacial score (nSPS) is 15.5. The van der Waals surface area contributed by atoms with Crippen molar-refractivity contribution < 1.29 is 18.0 Å². The summed E-state index contributed by atoms with van der Waals surface area (Å²) in [4.78, 5) is 24.1. The van der Waals surface area contributed by atoms with Crippen LogP contribution in [-0.4, -0.2) is 37.6 Å². The number of nitrogens with one attached hydrogen (secondary N) is 2. The van der Waals surface area contributed by atoms with Gasteiger partial charge in [-0.25, -0.2) is 8.42 Å². The van der Waals surface area contributed by atoms with Crippen LogP contribution in [0.5, 0.6) is 0 Å². The monoisotopic (exact) mass is 463 g/mol. The van der Waals surface area contributed by atoms with Crippen LogP contribution in [0.1, 0.15) is 30.9 Å². The van der Waals surface area contributed by atoms with Crippen LogP contribution in [-0.2, 0) is 19.6 Å². The smallest absolute Gasteiger partial charge is 0.243 e. The van der Waals surface area contributed by atoms with E-state index in [9.17, 15) is 18.0 Å². The van der Waals surface area contributed by atoms with Crippen LogP contribution in [0.15, 0.2) is 41.3 Å². The third-order valence-corrected chi connectivity index (χ3v) is 7.70. The van der Waals surface area contributed by atoms with Gasteiger partial charge in [0.2, 0.25) is 21.8 Å². The summed E-state index contributed by atoms with van der Waals surface area (Å²) in [6.45, 7) is 5.79. The molecule has 0 spiro atoms. The molecule has 2 aromatic rings. The lowest BCUT2D eigenvalue weighted by atomic mass is 9.97. The molecule has 166 valence electrons. The van der Waals surface area contributed by atoms with E-state index in [1.807, 2.05) is 19.9 Å². The first-order chi connectivity index (χ1) is 14.6. The van der Waals surface area contributed by atoms with Crippen molar-refractivity contribution in [1.29, 1.82) is 0 Å². The van der Waals surface area contributed by atoms with E-state index < -0.39 is 10.0 Å². The van der Waals surface area contributed by atoms with Gasteiger partial charge in [0, 0.05) is 31.6 Å². The van der Waals surface area contributed by atoms with Gasteiger partial charge in [0.15, 0.2) is 0 Å². The molecule has 1 aliphatic heterocycles. The highest BCUT2D eigenvalue weighted by Crippen LogP contribution is 2.29. The summed E-state index contributed by atoms with van der Waals surface area (Å²) in [5.41, 5.74) is 2.96. The van der Waals surface area contributed by atoms with Gasteiger partial charge >= 0.3 is 0 Å². The Bertz CT molecular complexity index is 1110. The number of hydrogen-bond acceptors (Lipinski definition) is 4. The zero-order valence-corrected chi connectivity index (χ0v) is 19.3. The lowest BCUT2D eigenvalue weighted by molar-refractivity contribution is -0.121. The molecule has 2 amide bonds. The maximum atomic E-state index is 12.9. The number of sulfonamides is 1. The van der Waals surface area contributed by atoms with Gasteiger partial charge in [-0.15, -0.1) is 0 Å². The average molecular weight is 464 g/mol. The first-order valence-corrected chi connectivity index (χ1v) is 11.8. The van der Waals surface area contributed by atoms with Crippen molar-refractivity contribution in [2.75, 3.05) is 23.7 Å². The van der Waals surface area contributed by atoms with Crippen molar-refractivity contribution in [2.24, 2.45) is 5.92 Å². The molecule has 9 heteroatoms. The molecular formula is C22H26ClN3O4S. The van der Waals surface area contributed by atoms with Gasteiger partial charge in [-0.2, -0.15) is 4.31 Å². The third-order valence-electron chi connectivity index (χ3n) is 5.49. The topological polar surface area (TPSA) is 95.6 Å². The van der Waals surface area contributed by atoms with Gasteiger partial charge in [0.1, 0.15) is 0 Å². The van der Waals surface area contributed by atoms with Gasteiger partial charge in [-0.05, 0) is 68.1 Å². The molecule has 1 aliphatic rings. The molecule has 0 radical (unpaired) electrons. The van der Waals surface area contributed by atoms with E-state index in [1.165, 1.54) is 11.2 Å². The standard InChI is InChI=1S/C22H26ClN3O4S/c1-14-4-6-19(12-15(14)2)31(29,30)26-10-8-17(9-11-26)22(28)25-21-7-5-18(13-20(21)23)24-16(3)27/h4-7,12-13,17H,8-11H2,1-3H3,(H,24,27)(H,25,28). The molecule has 0 unspecified atom stereocenters. The van der Waals surface area contributed by atoms with E-state index in [4.69, 9.17) is 11.6 Å². The number of carbonyl (C=O) groups is 2. The van der Waals surface area contributed by atoms with Crippen LogP contribution in [0.2, 0.25) is 5.02 Å². The molecule has 0 saturated carbocycles. The van der Waals surface area contributed by atoms with Crippen LogP contribution in [0.4, 0.5) is 11.4 Å². The molecule has 7 nitrogen and oxygen atoms in total. The highest BCUT2D eigenvalue weighted by Gasteiger charge is 2.32. The van der Waals surface area contributed by atoms with E-state index in [1.54, 1.807) is 30.3 Å². The minimum Gasteiger partial charge on any atom is -0.326 e. The number of carbonyl (C=O) groups excluding carboxylic acids is 2. The number of amides is 2. The van der Waals surface area contributed by atoms with Gasteiger partial charge in [0.05, 0.1) is 15.6 Å². The second-order valence-corrected chi connectivity index (χ2v) is 10.1. The SMILES string of the molecule is CC(=O)Nc1ccc(NC(=O)C2CCN(S(=O)(=O)c3ccc(C)c(C)c3)CC2)c(Cl)c1. The summed E-state index contributed by atoms with van der Waals surface area (Å²) in [5, 5.41) is 5.75. The lowest BCUT2D eigenvalue weighted by Crippen LogP contribution is -2.41. The minimum atomic E-state index is -3.58. The van der Waals surface area contributed by atoms with Crippen LogP contribution < -0.4 is 10.6 Å². The summed E-state index contributed by atoms with van der Waals surface area (Å²) in [6.07, 6.45) is 0.856. The Labute approximate surface area is 187 Å². The molecule has 0 aromatic heterocycles. The van der Waals surface area contributed by atoms with E-state index in [0.29, 0.717) is 29.2 Å². The molecule has 3 rings (SSSR count). The maximum absolute atomic E-state index is 12.9. The van der Waals surface area contributed by atoms with E-state index in [0.717, 1.165) is 11.1 Å². The quantitative estimate of drug-likeness (QED) is 0.701. The van der Waals surface area contributed by atoms with E-state index in [2.05, 4.69) is 10.6 Å². The predicted octanol–water partition coefficient (Wildman–Crippen LogP) is 3.95. The Balaban J connectivity index is 1.62. The fourth-order valence-electron chi connectivity index (χ4n) is 3.51. The van der Waals surface area contributed by atoms with Crippen molar-refractivity contribution in [3.05, 3.63) is 52.5 Å². The summed E-state index contributed by atoms with van der Waals surface area (Å²) < 4.78 is 27.3. The zero-order valence-electron chi connectivity index (χ0n) is 17.7. The number of nitrogens with zero attached hydrogens (tertiary/aromatic N) is 1. The Morgan fingerprint density at radius 2 is 1.68 bits per heavy atom. The van der Waals surface area contributed by atoms with Crippen molar-refractivity contribution in [2.45, 2.75) is 38.5 Å². The first kappa shape index (κ1) is 23.2. The molecular weight excluding hydrogens is 438 g/mol. The van der Waals surface area contributed by atoms with Gasteiger partial charge in [0.25, 0.3) is 0 Å². The maximum Gasteiger partial charge on any atom is 0.243 e. The fraction of sp³-hybridized carbons (Fsp3) is 0.364. The van der Waals surface area contributed by atoms with Crippen LogP contribution in [0.25, 0.3) is 0 Å². The molecule has 0 bridgehead atoms. The van der Waals surface area contributed by atoms with E-state index in [-0.39, 0.29) is 35.7 Å². The number of halogens is 1. The predicted molar refractivity (Wildman–Crippen MR) is 122 cm³/mol. The number of aryl methyl sites for hydroxylation is 2. The molecule has 2 N–H and O–H groups in total. The zero-order chi connectivity index (χ0) is 22.8. The van der Waals surface area contributed by atoms with Crippen LogP contribution in [0.3, 0.4) is 0 Å². The summed E-state index contributed by atoms with van der Waals surface area (Å²) in [7, 11) is -3.58. The molecule has 1 fully saturated rings. The third kappa shape index (κ3) is 5.44. The average Bonchev–Trinajstić information content (AvgIpc) is 2.71. The van der Waals surface area contributed by atoms with Gasteiger partial charge in [-0.3, -0.25) is 9.59 Å². The number of anilines is 2. The van der Waals surface area contributed by atoms with Crippen molar-refractivity contribution in [3.8, 4) is 0 Å². The summed E-state index contributed by atoms with van der Waals surface area (Å²) in [5.74, 6) is -0.718. The molecule has 1 saturated heterocycles. The minimum absolute atomic E-state index is 0.197. The fourth-order valence-corrected chi connectivity index (χ4v) is 5.30. The first-order valence-electron chi connectivity index (χ1n) is 10.0. The van der Waals surface area contributed by atoms with Crippen LogP contribution in [0, 0.1) is 19.8 Å². The number of benzene rings is 2. The molecule has 31 heavy (non-hydrogen) atoms. The highest BCUT2D eigenvalue weighted by atomic mass is 35.5. The largest absolute Gasteiger partial charge is 0.326 e. The second kappa shape index (κ2) is 9.38. The number of hydrogen-bond donors (Lipinski definition) is 2. The van der Waals surface area contributed by atoms with E-state index >= 15 is 0 Å².